The van der Waals surface area contributed by atoms with E-state index < -0.39 is 0 Å². The summed E-state index contributed by atoms with van der Waals surface area (Å²) in [5.74, 6) is 0.896. The minimum absolute atomic E-state index is 0.269. The normalized spacial score (nSPS) is 18.0. The van der Waals surface area contributed by atoms with Crippen LogP contribution in [0.3, 0.4) is 0 Å². The number of carbonyl (C=O) groups excluding carboxylic acids is 1. The van der Waals surface area contributed by atoms with Crippen LogP contribution in [-0.4, -0.2) is 26.1 Å². The van der Waals surface area contributed by atoms with E-state index in [-0.39, 0.29) is 11.9 Å². The topological polar surface area (TPSA) is 110 Å². The monoisotopic (exact) mass is 422 g/mol. The molecular weight excluding hydrogens is 388 g/mol. The number of H-pyrrole nitrogens is 1. The first-order chi connectivity index (χ1) is 15.0. The standard InChI is InChI=1S/C24H34N6O/c1-15-20(16(2)30-29-15)19-13-26-24(27-14-19)28-23(31)22(25)21(17-9-5-3-6-10-17)18-11-7-4-8-12-18/h13-14,17-18H,3-12,25H2,1-2H3,(H,29,30)(H,26,27,28,31). The summed E-state index contributed by atoms with van der Waals surface area (Å²) in [6.45, 7) is 3.91. The smallest absolute Gasteiger partial charge is 0.273 e. The van der Waals surface area contributed by atoms with Crippen molar-refractivity contribution in [1.82, 2.24) is 20.2 Å². The number of rotatable bonds is 5. The fraction of sp³-hybridized carbons (Fsp3) is 0.583. The van der Waals surface area contributed by atoms with E-state index in [0.717, 1.165) is 48.2 Å². The van der Waals surface area contributed by atoms with Crippen LogP contribution in [0.15, 0.2) is 23.7 Å². The Morgan fingerprint density at radius 1 is 0.968 bits per heavy atom. The van der Waals surface area contributed by atoms with Crippen LogP contribution in [0, 0.1) is 25.7 Å². The lowest BCUT2D eigenvalue weighted by molar-refractivity contribution is -0.113. The van der Waals surface area contributed by atoms with Gasteiger partial charge < -0.3 is 5.73 Å². The molecule has 0 spiro atoms. The number of aromatic nitrogens is 4. The van der Waals surface area contributed by atoms with Crippen molar-refractivity contribution in [2.75, 3.05) is 5.32 Å². The molecule has 0 radical (unpaired) electrons. The van der Waals surface area contributed by atoms with Crippen LogP contribution in [0.4, 0.5) is 5.95 Å². The molecule has 2 aromatic heterocycles. The van der Waals surface area contributed by atoms with E-state index in [0.29, 0.717) is 17.5 Å². The molecule has 0 unspecified atom stereocenters. The van der Waals surface area contributed by atoms with Gasteiger partial charge in [-0.1, -0.05) is 38.5 Å². The van der Waals surface area contributed by atoms with Gasteiger partial charge in [0, 0.05) is 29.2 Å². The van der Waals surface area contributed by atoms with Crippen LogP contribution in [0.1, 0.15) is 75.6 Å². The molecule has 7 heteroatoms. The Morgan fingerprint density at radius 2 is 1.52 bits per heavy atom. The van der Waals surface area contributed by atoms with Crippen molar-refractivity contribution >= 4 is 11.9 Å². The Balaban J connectivity index is 1.54. The summed E-state index contributed by atoms with van der Waals surface area (Å²) >= 11 is 0. The van der Waals surface area contributed by atoms with Crippen LogP contribution in [0.25, 0.3) is 11.1 Å². The first kappa shape index (κ1) is 21.5. The number of nitrogens with two attached hydrogens (primary N) is 1. The molecule has 0 aliphatic heterocycles. The Labute approximate surface area is 184 Å². The van der Waals surface area contributed by atoms with Gasteiger partial charge in [-0.15, -0.1) is 0 Å². The van der Waals surface area contributed by atoms with Gasteiger partial charge >= 0.3 is 0 Å². The van der Waals surface area contributed by atoms with Crippen molar-refractivity contribution in [1.29, 1.82) is 0 Å². The average molecular weight is 423 g/mol. The SMILES string of the molecule is Cc1n[nH]c(C)c1-c1cnc(NC(=O)C(N)=C(C2CCCCC2)C2CCCCC2)nc1. The molecule has 0 atom stereocenters. The number of carbonyl (C=O) groups is 1. The van der Waals surface area contributed by atoms with Crippen LogP contribution in [0.5, 0.6) is 0 Å². The second kappa shape index (κ2) is 9.62. The molecule has 2 aliphatic rings. The Bertz CT molecular complexity index is 894. The van der Waals surface area contributed by atoms with Crippen LogP contribution in [0.2, 0.25) is 0 Å². The quantitative estimate of drug-likeness (QED) is 0.600. The maximum Gasteiger partial charge on any atom is 0.273 e. The minimum atomic E-state index is -0.269. The minimum Gasteiger partial charge on any atom is -0.394 e. The fourth-order valence-corrected chi connectivity index (χ4v) is 5.40. The fourth-order valence-electron chi connectivity index (χ4n) is 5.40. The zero-order valence-corrected chi connectivity index (χ0v) is 18.7. The molecule has 2 saturated carbocycles. The van der Waals surface area contributed by atoms with Crippen molar-refractivity contribution < 1.29 is 4.79 Å². The summed E-state index contributed by atoms with van der Waals surface area (Å²) in [5, 5.41) is 10.0. The number of anilines is 1. The molecule has 0 bridgehead atoms. The van der Waals surface area contributed by atoms with Crippen molar-refractivity contribution in [3.8, 4) is 11.1 Å². The van der Waals surface area contributed by atoms with E-state index in [9.17, 15) is 4.79 Å². The number of aromatic amines is 1. The maximum absolute atomic E-state index is 13.1. The highest BCUT2D eigenvalue weighted by atomic mass is 16.2. The van der Waals surface area contributed by atoms with Gasteiger partial charge in [0.15, 0.2) is 0 Å². The molecule has 0 saturated heterocycles. The van der Waals surface area contributed by atoms with E-state index in [1.54, 1.807) is 12.4 Å². The van der Waals surface area contributed by atoms with Gasteiger partial charge in [0.25, 0.3) is 5.91 Å². The highest BCUT2D eigenvalue weighted by Crippen LogP contribution is 2.40. The van der Waals surface area contributed by atoms with Gasteiger partial charge in [0.1, 0.15) is 0 Å². The van der Waals surface area contributed by atoms with Gasteiger partial charge in [-0.2, -0.15) is 5.10 Å². The van der Waals surface area contributed by atoms with E-state index in [1.165, 1.54) is 44.1 Å². The van der Waals surface area contributed by atoms with Gasteiger partial charge in [-0.25, -0.2) is 9.97 Å². The number of aryl methyl sites for hydroxylation is 2. The summed E-state index contributed by atoms with van der Waals surface area (Å²) in [7, 11) is 0. The second-order valence-corrected chi connectivity index (χ2v) is 9.10. The number of nitrogens with zero attached hydrogens (tertiary/aromatic N) is 3. The third-order valence-electron chi connectivity index (χ3n) is 6.94. The molecule has 2 heterocycles. The molecule has 2 aromatic rings. The molecule has 2 fully saturated rings. The zero-order chi connectivity index (χ0) is 21.8. The molecule has 2 aliphatic carbocycles. The average Bonchev–Trinajstić information content (AvgIpc) is 3.14. The highest BCUT2D eigenvalue weighted by Gasteiger charge is 2.30. The predicted octanol–water partition coefficient (Wildman–Crippen LogP) is 4.80. The van der Waals surface area contributed by atoms with Crippen molar-refractivity contribution in [3.63, 3.8) is 0 Å². The molecule has 7 nitrogen and oxygen atoms in total. The summed E-state index contributed by atoms with van der Waals surface area (Å²) in [5.41, 5.74) is 11.9. The highest BCUT2D eigenvalue weighted by molar-refractivity contribution is 6.02. The lowest BCUT2D eigenvalue weighted by Gasteiger charge is -2.33. The molecule has 1 amide bonds. The molecule has 166 valence electrons. The molecule has 0 aromatic carbocycles. The summed E-state index contributed by atoms with van der Waals surface area (Å²) < 4.78 is 0. The predicted molar refractivity (Wildman–Crippen MR) is 122 cm³/mol. The third-order valence-corrected chi connectivity index (χ3v) is 6.94. The van der Waals surface area contributed by atoms with E-state index >= 15 is 0 Å². The van der Waals surface area contributed by atoms with Gasteiger partial charge in [0.05, 0.1) is 11.4 Å². The number of allylic oxidation sites excluding steroid dienone is 1. The Hall–Kier alpha value is -2.70. The van der Waals surface area contributed by atoms with Gasteiger partial charge in [0.2, 0.25) is 5.95 Å². The molecule has 4 N–H and O–H groups in total. The third kappa shape index (κ3) is 4.81. The maximum atomic E-state index is 13.1. The molecule has 31 heavy (non-hydrogen) atoms. The Kier molecular flexibility index (Phi) is 6.68. The van der Waals surface area contributed by atoms with Crippen molar-refractivity contribution in [2.24, 2.45) is 17.6 Å². The van der Waals surface area contributed by atoms with Crippen LogP contribution < -0.4 is 11.1 Å². The van der Waals surface area contributed by atoms with Gasteiger partial charge in [-0.3, -0.25) is 15.2 Å². The van der Waals surface area contributed by atoms with Crippen LogP contribution >= 0.6 is 0 Å². The molecule has 4 rings (SSSR count). The summed E-state index contributed by atoms with van der Waals surface area (Å²) in [4.78, 5) is 21.8. The lowest BCUT2D eigenvalue weighted by Crippen LogP contribution is -2.29. The largest absolute Gasteiger partial charge is 0.394 e. The summed E-state index contributed by atoms with van der Waals surface area (Å²) in [6.07, 6.45) is 15.5. The Morgan fingerprint density at radius 3 is 2.00 bits per heavy atom. The van der Waals surface area contributed by atoms with Gasteiger partial charge in [-0.05, 0) is 56.9 Å². The van der Waals surface area contributed by atoms with E-state index in [1.807, 2.05) is 13.8 Å². The van der Waals surface area contributed by atoms with Crippen molar-refractivity contribution in [3.05, 3.63) is 35.1 Å². The second-order valence-electron chi connectivity index (χ2n) is 9.10. The van der Waals surface area contributed by atoms with Crippen LogP contribution in [-0.2, 0) is 4.79 Å². The zero-order valence-electron chi connectivity index (χ0n) is 18.7. The number of hydrogen-bond donors (Lipinski definition) is 3. The van der Waals surface area contributed by atoms with E-state index in [4.69, 9.17) is 5.73 Å². The lowest BCUT2D eigenvalue weighted by atomic mass is 9.73. The summed E-state index contributed by atoms with van der Waals surface area (Å²) in [6, 6.07) is 0. The molecular formula is C24H34N6O. The number of hydrogen-bond acceptors (Lipinski definition) is 5. The van der Waals surface area contributed by atoms with E-state index in [2.05, 4.69) is 25.5 Å². The first-order valence-corrected chi connectivity index (χ1v) is 11.7. The first-order valence-electron chi connectivity index (χ1n) is 11.7. The number of nitrogens with one attached hydrogen (secondary N) is 2. The number of amides is 1. The van der Waals surface area contributed by atoms with Crippen molar-refractivity contribution in [2.45, 2.75) is 78.1 Å².